The Bertz CT molecular complexity index is 1150. The molecule has 1 saturated heterocycles. The number of hydrogen-bond donors (Lipinski definition) is 0. The van der Waals surface area contributed by atoms with Gasteiger partial charge < -0.3 is 9.32 Å². The highest BCUT2D eigenvalue weighted by molar-refractivity contribution is 6.30. The van der Waals surface area contributed by atoms with Gasteiger partial charge >= 0.3 is 5.63 Å². The van der Waals surface area contributed by atoms with Crippen LogP contribution in [0.4, 0.5) is 0 Å². The fourth-order valence-electron chi connectivity index (χ4n) is 3.99. The standard InChI is InChI=1S/C24H25ClN2O3/c1-16-11-21-19(14-23(28)30-22(21)12-17(16)2)15-26-7-4-8-27(10-9-26)24(29)18-5-3-6-20(25)13-18/h3,5-6,11-14H,4,7-10,15H2,1-2H3. The van der Waals surface area contributed by atoms with Crippen LogP contribution in [0.15, 0.2) is 51.7 Å². The second-order valence-corrected chi connectivity index (χ2v) is 8.39. The van der Waals surface area contributed by atoms with Crippen LogP contribution in [0, 0.1) is 13.8 Å². The Hall–Kier alpha value is -2.63. The summed E-state index contributed by atoms with van der Waals surface area (Å²) in [5.41, 5.74) is 4.17. The molecule has 6 heteroatoms. The smallest absolute Gasteiger partial charge is 0.336 e. The molecule has 156 valence electrons. The van der Waals surface area contributed by atoms with E-state index in [1.54, 1.807) is 30.3 Å². The zero-order chi connectivity index (χ0) is 21.3. The summed E-state index contributed by atoms with van der Waals surface area (Å²) in [7, 11) is 0. The molecule has 2 heterocycles. The van der Waals surface area contributed by atoms with E-state index in [0.717, 1.165) is 36.0 Å². The van der Waals surface area contributed by atoms with Gasteiger partial charge in [0.1, 0.15) is 5.58 Å². The first-order valence-corrected chi connectivity index (χ1v) is 10.6. The van der Waals surface area contributed by atoms with E-state index >= 15 is 0 Å². The lowest BCUT2D eigenvalue weighted by molar-refractivity contribution is 0.0761. The van der Waals surface area contributed by atoms with E-state index in [1.165, 1.54) is 5.56 Å². The monoisotopic (exact) mass is 424 g/mol. The van der Waals surface area contributed by atoms with Crippen LogP contribution in [0.3, 0.4) is 0 Å². The third-order valence-corrected chi connectivity index (χ3v) is 6.02. The second-order valence-electron chi connectivity index (χ2n) is 7.96. The zero-order valence-corrected chi connectivity index (χ0v) is 18.0. The number of amides is 1. The lowest BCUT2D eigenvalue weighted by atomic mass is 10.0. The van der Waals surface area contributed by atoms with Crippen LogP contribution in [0.25, 0.3) is 11.0 Å². The van der Waals surface area contributed by atoms with Crippen LogP contribution < -0.4 is 5.63 Å². The molecule has 0 atom stereocenters. The molecule has 0 unspecified atom stereocenters. The number of aryl methyl sites for hydroxylation is 2. The van der Waals surface area contributed by atoms with E-state index in [1.807, 2.05) is 17.9 Å². The molecule has 0 spiro atoms. The Balaban J connectivity index is 1.51. The lowest BCUT2D eigenvalue weighted by Gasteiger charge is -2.22. The summed E-state index contributed by atoms with van der Waals surface area (Å²) in [5.74, 6) is 0.0104. The summed E-state index contributed by atoms with van der Waals surface area (Å²) >= 11 is 6.04. The summed E-state index contributed by atoms with van der Waals surface area (Å²) in [6.07, 6.45) is 0.879. The SMILES string of the molecule is Cc1cc2oc(=O)cc(CN3CCCN(C(=O)c4cccc(Cl)c4)CC3)c2cc1C. The minimum Gasteiger partial charge on any atom is -0.423 e. The Morgan fingerprint density at radius 2 is 1.83 bits per heavy atom. The number of fused-ring (bicyclic) bond motifs is 1. The molecule has 0 saturated carbocycles. The molecule has 0 N–H and O–H groups in total. The third-order valence-electron chi connectivity index (χ3n) is 5.79. The van der Waals surface area contributed by atoms with Crippen molar-refractivity contribution in [2.75, 3.05) is 26.2 Å². The van der Waals surface area contributed by atoms with E-state index in [0.29, 0.717) is 35.8 Å². The number of carbonyl (C=O) groups is 1. The summed E-state index contributed by atoms with van der Waals surface area (Å²) < 4.78 is 5.42. The number of carbonyl (C=O) groups excluding carboxylic acids is 1. The van der Waals surface area contributed by atoms with Gasteiger partial charge in [-0.3, -0.25) is 9.69 Å². The maximum atomic E-state index is 12.9. The normalized spacial score (nSPS) is 15.4. The van der Waals surface area contributed by atoms with Crippen molar-refractivity contribution in [3.63, 3.8) is 0 Å². The minimum atomic E-state index is -0.326. The molecular formula is C24H25ClN2O3. The van der Waals surface area contributed by atoms with Crippen molar-refractivity contribution in [2.45, 2.75) is 26.8 Å². The summed E-state index contributed by atoms with van der Waals surface area (Å²) in [5, 5.41) is 1.55. The van der Waals surface area contributed by atoms with Crippen LogP contribution in [0.2, 0.25) is 5.02 Å². The quantitative estimate of drug-likeness (QED) is 0.584. The van der Waals surface area contributed by atoms with Gasteiger partial charge in [-0.15, -0.1) is 0 Å². The van der Waals surface area contributed by atoms with Crippen molar-refractivity contribution >= 4 is 28.5 Å². The van der Waals surface area contributed by atoms with Gasteiger partial charge in [0.05, 0.1) is 0 Å². The van der Waals surface area contributed by atoms with Crippen LogP contribution >= 0.6 is 11.6 Å². The van der Waals surface area contributed by atoms with E-state index < -0.39 is 0 Å². The predicted molar refractivity (Wildman–Crippen MR) is 119 cm³/mol. The maximum Gasteiger partial charge on any atom is 0.336 e. The highest BCUT2D eigenvalue weighted by Gasteiger charge is 2.21. The van der Waals surface area contributed by atoms with Gasteiger partial charge in [-0.1, -0.05) is 17.7 Å². The molecular weight excluding hydrogens is 400 g/mol. The lowest BCUT2D eigenvalue weighted by Crippen LogP contribution is -2.35. The average molecular weight is 425 g/mol. The van der Waals surface area contributed by atoms with Gasteiger partial charge in [0.2, 0.25) is 0 Å². The first-order valence-electron chi connectivity index (χ1n) is 10.2. The highest BCUT2D eigenvalue weighted by atomic mass is 35.5. The first kappa shape index (κ1) is 20.6. The van der Waals surface area contributed by atoms with Gasteiger partial charge in [-0.2, -0.15) is 0 Å². The van der Waals surface area contributed by atoms with Crippen LogP contribution in [0.1, 0.15) is 33.5 Å². The molecule has 1 fully saturated rings. The number of rotatable bonds is 3. The Morgan fingerprint density at radius 1 is 1.03 bits per heavy atom. The number of nitrogens with zero attached hydrogens (tertiary/aromatic N) is 2. The number of benzene rings is 2. The van der Waals surface area contributed by atoms with Crippen molar-refractivity contribution in [2.24, 2.45) is 0 Å². The van der Waals surface area contributed by atoms with Crippen LogP contribution in [0.5, 0.6) is 0 Å². The molecule has 4 rings (SSSR count). The van der Waals surface area contributed by atoms with Gasteiger partial charge in [-0.05, 0) is 67.3 Å². The first-order chi connectivity index (χ1) is 14.4. The fourth-order valence-corrected chi connectivity index (χ4v) is 4.18. The van der Waals surface area contributed by atoms with E-state index in [9.17, 15) is 9.59 Å². The molecule has 0 bridgehead atoms. The van der Waals surface area contributed by atoms with Crippen molar-refractivity contribution in [1.29, 1.82) is 0 Å². The van der Waals surface area contributed by atoms with E-state index in [4.69, 9.17) is 16.0 Å². The fraction of sp³-hybridized carbons (Fsp3) is 0.333. The van der Waals surface area contributed by atoms with E-state index in [-0.39, 0.29) is 11.5 Å². The van der Waals surface area contributed by atoms with Crippen molar-refractivity contribution in [3.05, 3.63) is 80.2 Å². The maximum absolute atomic E-state index is 12.9. The highest BCUT2D eigenvalue weighted by Crippen LogP contribution is 2.23. The summed E-state index contributed by atoms with van der Waals surface area (Å²) in [6, 6.07) is 12.7. The van der Waals surface area contributed by atoms with Crippen molar-refractivity contribution in [3.8, 4) is 0 Å². The predicted octanol–water partition coefficient (Wildman–Crippen LogP) is 4.41. The molecule has 1 aliphatic rings. The molecule has 1 aromatic heterocycles. The van der Waals surface area contributed by atoms with Crippen molar-refractivity contribution < 1.29 is 9.21 Å². The Labute approximate surface area is 180 Å². The van der Waals surface area contributed by atoms with Gasteiger partial charge in [-0.25, -0.2) is 4.79 Å². The van der Waals surface area contributed by atoms with Crippen molar-refractivity contribution in [1.82, 2.24) is 9.80 Å². The topological polar surface area (TPSA) is 53.8 Å². The molecule has 5 nitrogen and oxygen atoms in total. The van der Waals surface area contributed by atoms with Gasteiger partial charge in [0.25, 0.3) is 5.91 Å². The number of halogens is 1. The van der Waals surface area contributed by atoms with Gasteiger partial charge in [0.15, 0.2) is 0 Å². The molecule has 3 aromatic rings. The summed E-state index contributed by atoms with van der Waals surface area (Å²) in [4.78, 5) is 29.1. The number of hydrogen-bond acceptors (Lipinski definition) is 4. The molecule has 2 aromatic carbocycles. The largest absolute Gasteiger partial charge is 0.423 e. The molecule has 1 aliphatic heterocycles. The van der Waals surface area contributed by atoms with Gasteiger partial charge in [0, 0.05) is 54.8 Å². The zero-order valence-electron chi connectivity index (χ0n) is 17.3. The average Bonchev–Trinajstić information content (AvgIpc) is 2.94. The minimum absolute atomic E-state index is 0.0104. The Kier molecular flexibility index (Phi) is 5.93. The van der Waals surface area contributed by atoms with Crippen LogP contribution in [-0.4, -0.2) is 41.9 Å². The van der Waals surface area contributed by atoms with Crippen LogP contribution in [-0.2, 0) is 6.54 Å². The molecule has 1 amide bonds. The second kappa shape index (κ2) is 8.62. The molecule has 0 radical (unpaired) electrons. The summed E-state index contributed by atoms with van der Waals surface area (Å²) in [6.45, 7) is 7.70. The molecule has 30 heavy (non-hydrogen) atoms. The third kappa shape index (κ3) is 4.42. The Morgan fingerprint density at radius 3 is 2.63 bits per heavy atom. The molecule has 0 aliphatic carbocycles. The van der Waals surface area contributed by atoms with E-state index in [2.05, 4.69) is 17.9 Å².